The molecule has 0 aliphatic rings. The van der Waals surface area contributed by atoms with E-state index in [0.717, 1.165) is 18.4 Å². The van der Waals surface area contributed by atoms with Gasteiger partial charge in [-0.05, 0) is 36.2 Å². The average molecular weight is 434 g/mol. The average Bonchev–Trinajstić information content (AvgIpc) is 3.35. The van der Waals surface area contributed by atoms with E-state index in [1.165, 1.54) is 12.3 Å². The number of unbranched alkanes of at least 4 members (excludes halogenated alkanes) is 1. The number of carbonyl (C=O) groups excluding carboxylic acids is 3. The zero-order valence-corrected chi connectivity index (χ0v) is 18.0. The summed E-state index contributed by atoms with van der Waals surface area (Å²) in [6.07, 6.45) is 3.57. The number of para-hydroxylation sites is 1. The van der Waals surface area contributed by atoms with Crippen molar-refractivity contribution < 1.29 is 18.8 Å². The van der Waals surface area contributed by atoms with Crippen LogP contribution in [0.4, 0.5) is 5.69 Å². The Bertz CT molecular complexity index is 1030. The lowest BCUT2D eigenvalue weighted by molar-refractivity contribution is -0.122. The van der Waals surface area contributed by atoms with Crippen LogP contribution < -0.4 is 16.0 Å². The molecule has 0 bridgehead atoms. The molecule has 0 aliphatic heterocycles. The number of rotatable bonds is 10. The fourth-order valence-corrected chi connectivity index (χ4v) is 3.19. The number of benzene rings is 2. The molecule has 0 saturated heterocycles. The Hall–Kier alpha value is -3.87. The predicted molar refractivity (Wildman–Crippen MR) is 122 cm³/mol. The normalized spacial score (nSPS) is 11.4. The molecule has 2 aromatic carbocycles. The SMILES string of the molecule is CCCCNC(=O)[C@@H](Cc1ccccc1)NC(=O)c1ccccc1NC(=O)c1ccco1. The maximum Gasteiger partial charge on any atom is 0.291 e. The molecule has 166 valence electrons. The third kappa shape index (κ3) is 6.31. The molecule has 0 radical (unpaired) electrons. The second-order valence-corrected chi connectivity index (χ2v) is 7.34. The van der Waals surface area contributed by atoms with Gasteiger partial charge in [0.15, 0.2) is 5.76 Å². The predicted octanol–water partition coefficient (Wildman–Crippen LogP) is 3.79. The molecule has 1 atom stereocenters. The molecule has 0 saturated carbocycles. The van der Waals surface area contributed by atoms with Crippen molar-refractivity contribution in [1.29, 1.82) is 0 Å². The highest BCUT2D eigenvalue weighted by atomic mass is 16.3. The molecule has 3 amide bonds. The molecule has 0 aliphatic carbocycles. The molecular formula is C25H27N3O4. The molecular weight excluding hydrogens is 406 g/mol. The number of hydrogen-bond donors (Lipinski definition) is 3. The van der Waals surface area contributed by atoms with Gasteiger partial charge in [0.05, 0.1) is 17.5 Å². The van der Waals surface area contributed by atoms with Gasteiger partial charge in [0.2, 0.25) is 5.91 Å². The van der Waals surface area contributed by atoms with Crippen molar-refractivity contribution in [2.75, 3.05) is 11.9 Å². The van der Waals surface area contributed by atoms with E-state index in [2.05, 4.69) is 16.0 Å². The van der Waals surface area contributed by atoms with E-state index in [1.807, 2.05) is 37.3 Å². The van der Waals surface area contributed by atoms with Gasteiger partial charge < -0.3 is 20.4 Å². The van der Waals surface area contributed by atoms with E-state index < -0.39 is 17.9 Å². The Morgan fingerprint density at radius 1 is 0.906 bits per heavy atom. The Morgan fingerprint density at radius 3 is 2.38 bits per heavy atom. The number of anilines is 1. The van der Waals surface area contributed by atoms with Gasteiger partial charge in [-0.1, -0.05) is 55.8 Å². The van der Waals surface area contributed by atoms with E-state index in [9.17, 15) is 14.4 Å². The van der Waals surface area contributed by atoms with Crippen LogP contribution in [0.3, 0.4) is 0 Å². The summed E-state index contributed by atoms with van der Waals surface area (Å²) in [4.78, 5) is 38.3. The Morgan fingerprint density at radius 2 is 1.66 bits per heavy atom. The summed E-state index contributed by atoms with van der Waals surface area (Å²) in [7, 11) is 0. The summed E-state index contributed by atoms with van der Waals surface area (Å²) in [5.41, 5.74) is 1.52. The smallest absolute Gasteiger partial charge is 0.291 e. The molecule has 1 aromatic heterocycles. The summed E-state index contributed by atoms with van der Waals surface area (Å²) in [6.45, 7) is 2.59. The Balaban J connectivity index is 1.76. The molecule has 7 nitrogen and oxygen atoms in total. The van der Waals surface area contributed by atoms with Crippen LogP contribution in [-0.2, 0) is 11.2 Å². The van der Waals surface area contributed by atoms with Gasteiger partial charge in [-0.2, -0.15) is 0 Å². The number of hydrogen-bond acceptors (Lipinski definition) is 4. The van der Waals surface area contributed by atoms with Crippen LogP contribution in [0.25, 0.3) is 0 Å². The third-order valence-corrected chi connectivity index (χ3v) is 4.90. The van der Waals surface area contributed by atoms with Gasteiger partial charge in [0.25, 0.3) is 11.8 Å². The van der Waals surface area contributed by atoms with Gasteiger partial charge in [0, 0.05) is 13.0 Å². The van der Waals surface area contributed by atoms with Crippen molar-refractivity contribution in [2.24, 2.45) is 0 Å². The second-order valence-electron chi connectivity index (χ2n) is 7.34. The molecule has 0 unspecified atom stereocenters. The van der Waals surface area contributed by atoms with Crippen molar-refractivity contribution in [3.63, 3.8) is 0 Å². The minimum atomic E-state index is -0.754. The van der Waals surface area contributed by atoms with Crippen LogP contribution >= 0.6 is 0 Å². The lowest BCUT2D eigenvalue weighted by atomic mass is 10.0. The molecule has 32 heavy (non-hydrogen) atoms. The maximum atomic E-state index is 13.1. The fourth-order valence-electron chi connectivity index (χ4n) is 3.19. The van der Waals surface area contributed by atoms with E-state index in [-0.39, 0.29) is 17.2 Å². The monoisotopic (exact) mass is 433 g/mol. The number of carbonyl (C=O) groups is 3. The molecule has 3 rings (SSSR count). The van der Waals surface area contributed by atoms with Crippen molar-refractivity contribution in [1.82, 2.24) is 10.6 Å². The number of amides is 3. The van der Waals surface area contributed by atoms with Crippen molar-refractivity contribution >= 4 is 23.4 Å². The van der Waals surface area contributed by atoms with Crippen LogP contribution in [0.2, 0.25) is 0 Å². The molecule has 0 spiro atoms. The lowest BCUT2D eigenvalue weighted by Gasteiger charge is -2.20. The van der Waals surface area contributed by atoms with Crippen molar-refractivity contribution in [2.45, 2.75) is 32.2 Å². The summed E-state index contributed by atoms with van der Waals surface area (Å²) in [6, 6.07) is 18.5. The second kappa shape index (κ2) is 11.5. The van der Waals surface area contributed by atoms with E-state index in [1.54, 1.807) is 30.3 Å². The summed E-state index contributed by atoms with van der Waals surface area (Å²) >= 11 is 0. The zero-order chi connectivity index (χ0) is 22.8. The van der Waals surface area contributed by atoms with Crippen molar-refractivity contribution in [3.05, 3.63) is 89.9 Å². The van der Waals surface area contributed by atoms with Gasteiger partial charge in [-0.3, -0.25) is 14.4 Å². The summed E-state index contributed by atoms with van der Waals surface area (Å²) < 4.78 is 5.11. The van der Waals surface area contributed by atoms with E-state index in [0.29, 0.717) is 18.7 Å². The van der Waals surface area contributed by atoms with Crippen LogP contribution in [0, 0.1) is 0 Å². The lowest BCUT2D eigenvalue weighted by Crippen LogP contribution is -2.48. The van der Waals surface area contributed by atoms with Crippen LogP contribution in [0.15, 0.2) is 77.4 Å². The maximum absolute atomic E-state index is 13.1. The largest absolute Gasteiger partial charge is 0.459 e. The van der Waals surface area contributed by atoms with Gasteiger partial charge in [-0.25, -0.2) is 0 Å². The first-order chi connectivity index (χ1) is 15.6. The topological polar surface area (TPSA) is 100 Å². The Kier molecular flexibility index (Phi) is 8.20. The molecule has 0 fully saturated rings. The number of nitrogens with one attached hydrogen (secondary N) is 3. The van der Waals surface area contributed by atoms with Gasteiger partial charge >= 0.3 is 0 Å². The minimum absolute atomic E-state index is 0.137. The summed E-state index contributed by atoms with van der Waals surface area (Å²) in [5.74, 6) is -1.02. The van der Waals surface area contributed by atoms with Crippen LogP contribution in [-0.4, -0.2) is 30.3 Å². The first-order valence-electron chi connectivity index (χ1n) is 10.6. The molecule has 1 heterocycles. The zero-order valence-electron chi connectivity index (χ0n) is 18.0. The highest BCUT2D eigenvalue weighted by Gasteiger charge is 2.23. The standard InChI is InChI=1S/C25H27N3O4/c1-2-3-15-26-24(30)21(17-18-10-5-4-6-11-18)28-23(29)19-12-7-8-13-20(19)27-25(31)22-14-9-16-32-22/h4-14,16,21H,2-3,15,17H2,1H3,(H,26,30)(H,27,31)(H,28,29)/t21-/m1/s1. The molecule has 7 heteroatoms. The van der Waals surface area contributed by atoms with Gasteiger partial charge in [0.1, 0.15) is 6.04 Å². The van der Waals surface area contributed by atoms with Gasteiger partial charge in [-0.15, -0.1) is 0 Å². The van der Waals surface area contributed by atoms with E-state index >= 15 is 0 Å². The first-order valence-corrected chi connectivity index (χ1v) is 10.6. The Labute approximate surface area is 187 Å². The molecule has 3 N–H and O–H groups in total. The quantitative estimate of drug-likeness (QED) is 0.424. The summed E-state index contributed by atoms with van der Waals surface area (Å²) in [5, 5.41) is 8.42. The first kappa shape index (κ1) is 22.8. The highest BCUT2D eigenvalue weighted by molar-refractivity contribution is 6.08. The van der Waals surface area contributed by atoms with E-state index in [4.69, 9.17) is 4.42 Å². The highest BCUT2D eigenvalue weighted by Crippen LogP contribution is 2.17. The van der Waals surface area contributed by atoms with Crippen LogP contribution in [0.5, 0.6) is 0 Å². The van der Waals surface area contributed by atoms with Crippen molar-refractivity contribution in [3.8, 4) is 0 Å². The third-order valence-electron chi connectivity index (χ3n) is 4.90. The number of furan rings is 1. The fraction of sp³-hybridized carbons (Fsp3) is 0.240. The van der Waals surface area contributed by atoms with Crippen LogP contribution in [0.1, 0.15) is 46.2 Å². The molecule has 3 aromatic rings. The minimum Gasteiger partial charge on any atom is -0.459 e.